The molecule has 2 saturated heterocycles. The van der Waals surface area contributed by atoms with Gasteiger partial charge in [-0.15, -0.1) is 0 Å². The molecule has 4 nitrogen and oxygen atoms in total. The Morgan fingerprint density at radius 1 is 0.868 bits per heavy atom. The van der Waals surface area contributed by atoms with E-state index in [0.29, 0.717) is 23.6 Å². The number of benzene rings is 3. The van der Waals surface area contributed by atoms with E-state index in [0.717, 1.165) is 45.3 Å². The molecule has 0 bridgehead atoms. The Morgan fingerprint density at radius 3 is 2.45 bits per heavy atom. The molecule has 2 aliphatic heterocycles. The molecule has 3 aromatic carbocycles. The first-order chi connectivity index (χ1) is 18.6. The normalized spacial score (nSPS) is 26.1. The SMILES string of the molecule is O=CCN1CCCC2(CCCN(c3ccc([C@H]4c5ccc(O)cc5CCC4c4ccccc4)cc3)C2)CC1. The number of anilines is 1. The summed E-state index contributed by atoms with van der Waals surface area (Å²) >= 11 is 0. The van der Waals surface area contributed by atoms with Gasteiger partial charge in [0.2, 0.25) is 0 Å². The predicted molar refractivity (Wildman–Crippen MR) is 154 cm³/mol. The van der Waals surface area contributed by atoms with E-state index in [-0.39, 0.29) is 5.92 Å². The van der Waals surface area contributed by atoms with Gasteiger partial charge < -0.3 is 14.8 Å². The van der Waals surface area contributed by atoms with Crippen molar-refractivity contribution in [1.29, 1.82) is 0 Å². The van der Waals surface area contributed by atoms with Crippen LogP contribution in [0.3, 0.4) is 0 Å². The molecule has 2 heterocycles. The van der Waals surface area contributed by atoms with Crippen molar-refractivity contribution >= 4 is 12.0 Å². The highest BCUT2D eigenvalue weighted by Gasteiger charge is 2.37. The molecule has 0 amide bonds. The summed E-state index contributed by atoms with van der Waals surface area (Å²) in [6, 6.07) is 26.3. The quantitative estimate of drug-likeness (QED) is 0.398. The summed E-state index contributed by atoms with van der Waals surface area (Å²) in [7, 11) is 0. The fourth-order valence-corrected chi connectivity index (χ4v) is 7.60. The summed E-state index contributed by atoms with van der Waals surface area (Å²) < 4.78 is 0. The number of hydrogen-bond donors (Lipinski definition) is 1. The summed E-state index contributed by atoms with van der Waals surface area (Å²) in [6.07, 6.45) is 9.34. The molecular weight excluding hydrogens is 468 g/mol. The maximum Gasteiger partial charge on any atom is 0.133 e. The molecule has 1 spiro atoms. The number of piperidine rings is 1. The summed E-state index contributed by atoms with van der Waals surface area (Å²) in [4.78, 5) is 16.0. The topological polar surface area (TPSA) is 43.8 Å². The van der Waals surface area contributed by atoms with Gasteiger partial charge in [-0.2, -0.15) is 0 Å². The minimum Gasteiger partial charge on any atom is -0.508 e. The molecule has 2 fully saturated rings. The second kappa shape index (κ2) is 10.9. The smallest absolute Gasteiger partial charge is 0.133 e. The molecule has 0 radical (unpaired) electrons. The van der Waals surface area contributed by atoms with E-state index in [9.17, 15) is 9.90 Å². The summed E-state index contributed by atoms with van der Waals surface area (Å²) in [5, 5.41) is 10.1. The first-order valence-electron chi connectivity index (χ1n) is 14.5. The van der Waals surface area contributed by atoms with Gasteiger partial charge in [0.05, 0.1) is 6.54 Å². The number of aromatic hydroxyl groups is 1. The lowest BCUT2D eigenvalue weighted by Gasteiger charge is -2.44. The summed E-state index contributed by atoms with van der Waals surface area (Å²) in [6.45, 7) is 4.92. The van der Waals surface area contributed by atoms with E-state index in [1.807, 2.05) is 12.1 Å². The Balaban J connectivity index is 1.25. The lowest BCUT2D eigenvalue weighted by molar-refractivity contribution is -0.108. The maximum atomic E-state index is 11.1. The number of carbonyl (C=O) groups is 1. The van der Waals surface area contributed by atoms with Gasteiger partial charge in [-0.1, -0.05) is 48.5 Å². The molecule has 38 heavy (non-hydrogen) atoms. The molecule has 3 aliphatic rings. The molecule has 0 saturated carbocycles. The highest BCUT2D eigenvalue weighted by Crippen LogP contribution is 2.47. The zero-order valence-corrected chi connectivity index (χ0v) is 22.4. The standard InChI is InChI=1S/C34H40N2O2/c37-23-22-35-19-4-16-34(18-21-35)17-5-20-36(25-34)29-11-8-27(9-12-29)33-31(26-6-2-1-3-7-26)14-10-28-24-30(38)13-15-32(28)33/h1-3,6-9,11-13,15,23-24,31,33,38H,4-5,10,14,16-22,25H2/t31?,33-,34?/m1/s1. The summed E-state index contributed by atoms with van der Waals surface area (Å²) in [5.74, 6) is 1.08. The fourth-order valence-electron chi connectivity index (χ4n) is 7.60. The van der Waals surface area contributed by atoms with Gasteiger partial charge in [-0.3, -0.25) is 4.90 Å². The van der Waals surface area contributed by atoms with Crippen molar-refractivity contribution in [3.8, 4) is 5.75 Å². The number of phenols is 1. The number of hydrogen-bond acceptors (Lipinski definition) is 4. The van der Waals surface area contributed by atoms with Gasteiger partial charge in [-0.25, -0.2) is 0 Å². The Kier molecular flexibility index (Phi) is 7.25. The van der Waals surface area contributed by atoms with Crippen molar-refractivity contribution in [3.05, 3.63) is 95.1 Å². The number of rotatable bonds is 5. The highest BCUT2D eigenvalue weighted by molar-refractivity contribution is 5.53. The first kappa shape index (κ1) is 25.2. The molecular formula is C34H40N2O2. The van der Waals surface area contributed by atoms with Crippen LogP contribution in [-0.4, -0.2) is 49.0 Å². The third-order valence-electron chi connectivity index (χ3n) is 9.57. The van der Waals surface area contributed by atoms with Crippen molar-refractivity contribution in [2.75, 3.05) is 37.6 Å². The number of nitrogens with zero attached hydrogens (tertiary/aromatic N) is 2. The van der Waals surface area contributed by atoms with E-state index in [1.165, 1.54) is 60.0 Å². The fraction of sp³-hybridized carbons (Fsp3) is 0.441. The minimum absolute atomic E-state index is 0.286. The zero-order valence-electron chi connectivity index (χ0n) is 22.4. The van der Waals surface area contributed by atoms with Gasteiger partial charge in [0, 0.05) is 24.7 Å². The van der Waals surface area contributed by atoms with Gasteiger partial charge >= 0.3 is 0 Å². The van der Waals surface area contributed by atoms with Crippen LogP contribution in [0.15, 0.2) is 72.8 Å². The molecule has 198 valence electrons. The van der Waals surface area contributed by atoms with E-state index in [2.05, 4.69) is 70.5 Å². The van der Waals surface area contributed by atoms with Crippen LogP contribution in [0.2, 0.25) is 0 Å². The molecule has 1 N–H and O–H groups in total. The first-order valence-corrected chi connectivity index (χ1v) is 14.5. The number of carbonyl (C=O) groups excluding carboxylic acids is 1. The Labute approximate surface area is 227 Å². The lowest BCUT2D eigenvalue weighted by Crippen LogP contribution is -2.44. The molecule has 1 aliphatic carbocycles. The lowest BCUT2D eigenvalue weighted by atomic mass is 9.69. The number of phenolic OH excluding ortho intramolecular Hbond substituents is 1. The van der Waals surface area contributed by atoms with Crippen LogP contribution in [0.4, 0.5) is 5.69 Å². The van der Waals surface area contributed by atoms with Gasteiger partial charge in [0.25, 0.3) is 0 Å². The summed E-state index contributed by atoms with van der Waals surface area (Å²) in [5.41, 5.74) is 7.10. The Bertz CT molecular complexity index is 1240. The zero-order chi connectivity index (χ0) is 26.0. The minimum atomic E-state index is 0.286. The third-order valence-corrected chi connectivity index (χ3v) is 9.57. The van der Waals surface area contributed by atoms with Gasteiger partial charge in [0.15, 0.2) is 0 Å². The van der Waals surface area contributed by atoms with Crippen molar-refractivity contribution < 1.29 is 9.90 Å². The van der Waals surface area contributed by atoms with Crippen LogP contribution in [0.25, 0.3) is 0 Å². The van der Waals surface area contributed by atoms with Gasteiger partial charge in [-0.05, 0) is 116 Å². The van der Waals surface area contributed by atoms with Crippen LogP contribution in [-0.2, 0) is 11.2 Å². The second-order valence-electron chi connectivity index (χ2n) is 11.9. The number of fused-ring (bicyclic) bond motifs is 1. The van der Waals surface area contributed by atoms with Crippen LogP contribution in [0.5, 0.6) is 5.75 Å². The highest BCUT2D eigenvalue weighted by atomic mass is 16.3. The van der Waals surface area contributed by atoms with E-state index < -0.39 is 0 Å². The number of aldehydes is 1. The Hall–Kier alpha value is -3.11. The van der Waals surface area contributed by atoms with Crippen molar-refractivity contribution in [3.63, 3.8) is 0 Å². The number of likely N-dealkylation sites (tertiary alicyclic amines) is 1. The second-order valence-corrected chi connectivity index (χ2v) is 11.9. The van der Waals surface area contributed by atoms with Crippen LogP contribution in [0.1, 0.15) is 72.6 Å². The van der Waals surface area contributed by atoms with Crippen molar-refractivity contribution in [1.82, 2.24) is 4.90 Å². The van der Waals surface area contributed by atoms with E-state index >= 15 is 0 Å². The molecule has 0 aromatic heterocycles. The molecule has 4 heteroatoms. The molecule has 2 unspecified atom stereocenters. The number of aryl methyl sites for hydroxylation is 1. The molecule has 3 atom stereocenters. The molecule has 3 aromatic rings. The monoisotopic (exact) mass is 508 g/mol. The third kappa shape index (κ3) is 5.11. The van der Waals surface area contributed by atoms with E-state index in [1.54, 1.807) is 0 Å². The van der Waals surface area contributed by atoms with Crippen LogP contribution >= 0.6 is 0 Å². The van der Waals surface area contributed by atoms with E-state index in [4.69, 9.17) is 0 Å². The predicted octanol–water partition coefficient (Wildman–Crippen LogP) is 6.53. The average Bonchev–Trinajstić information content (AvgIpc) is 3.15. The van der Waals surface area contributed by atoms with Gasteiger partial charge in [0.1, 0.15) is 12.0 Å². The van der Waals surface area contributed by atoms with Crippen LogP contribution < -0.4 is 4.90 Å². The maximum absolute atomic E-state index is 11.1. The van der Waals surface area contributed by atoms with Crippen molar-refractivity contribution in [2.45, 2.75) is 56.8 Å². The average molecular weight is 509 g/mol. The molecule has 6 rings (SSSR count). The van der Waals surface area contributed by atoms with Crippen LogP contribution in [0, 0.1) is 5.41 Å². The largest absolute Gasteiger partial charge is 0.508 e. The Morgan fingerprint density at radius 2 is 1.66 bits per heavy atom. The van der Waals surface area contributed by atoms with Crippen molar-refractivity contribution in [2.24, 2.45) is 5.41 Å².